The minimum atomic E-state index is 0.317. The minimum Gasteiger partial charge on any atom is -0.369 e. The van der Waals surface area contributed by atoms with E-state index in [1.165, 1.54) is 24.8 Å². The first-order chi connectivity index (χ1) is 8.09. The predicted molar refractivity (Wildman–Crippen MR) is 70.8 cm³/mol. The Labute approximate surface area is 102 Å². The lowest BCUT2D eigenvalue weighted by Gasteiger charge is -2.29. The summed E-state index contributed by atoms with van der Waals surface area (Å²) < 4.78 is 2.24. The first-order valence-corrected chi connectivity index (χ1v) is 6.32. The van der Waals surface area contributed by atoms with Crippen LogP contribution in [0.1, 0.15) is 39.2 Å². The number of hydrogen-bond donors (Lipinski definition) is 1. The molecule has 1 atom stereocenters. The van der Waals surface area contributed by atoms with E-state index in [-0.39, 0.29) is 0 Å². The van der Waals surface area contributed by atoms with E-state index in [4.69, 9.17) is 5.73 Å². The fraction of sp³-hybridized carbons (Fsp3) is 0.500. The molecule has 3 rings (SSSR count). The van der Waals surface area contributed by atoms with Crippen LogP contribution in [0.25, 0.3) is 11.0 Å². The molecule has 0 spiro atoms. The van der Waals surface area contributed by atoms with Crippen LogP contribution in [-0.2, 0) is 0 Å². The third-order valence-electron chi connectivity index (χ3n) is 4.14. The van der Waals surface area contributed by atoms with Gasteiger partial charge in [-0.2, -0.15) is 0 Å². The van der Waals surface area contributed by atoms with Crippen molar-refractivity contribution in [2.45, 2.75) is 39.2 Å². The number of para-hydroxylation sites is 2. The van der Waals surface area contributed by atoms with Crippen LogP contribution in [0.15, 0.2) is 24.3 Å². The van der Waals surface area contributed by atoms with Gasteiger partial charge in [0.25, 0.3) is 0 Å². The van der Waals surface area contributed by atoms with Gasteiger partial charge in [0.15, 0.2) is 0 Å². The van der Waals surface area contributed by atoms with Crippen LogP contribution in [0.4, 0.5) is 5.95 Å². The molecule has 2 N–H and O–H groups in total. The highest BCUT2D eigenvalue weighted by Gasteiger charge is 2.37. The molecule has 1 saturated carbocycles. The maximum atomic E-state index is 6.11. The van der Waals surface area contributed by atoms with Crippen molar-refractivity contribution >= 4 is 17.0 Å². The fourth-order valence-corrected chi connectivity index (χ4v) is 3.18. The average Bonchev–Trinajstić information content (AvgIpc) is 2.77. The number of imidazole rings is 1. The number of rotatable bonds is 1. The molecule has 0 saturated heterocycles. The van der Waals surface area contributed by atoms with Gasteiger partial charge in [0.05, 0.1) is 11.0 Å². The molecule has 1 aromatic heterocycles. The van der Waals surface area contributed by atoms with Crippen molar-refractivity contribution in [1.29, 1.82) is 0 Å². The van der Waals surface area contributed by atoms with Crippen LogP contribution >= 0.6 is 0 Å². The van der Waals surface area contributed by atoms with Crippen LogP contribution in [0.2, 0.25) is 0 Å². The van der Waals surface area contributed by atoms with E-state index in [9.17, 15) is 0 Å². The molecule has 0 bridgehead atoms. The number of hydrogen-bond acceptors (Lipinski definition) is 2. The molecule has 2 aromatic rings. The van der Waals surface area contributed by atoms with Gasteiger partial charge in [0.1, 0.15) is 0 Å². The maximum Gasteiger partial charge on any atom is 0.201 e. The highest BCUT2D eigenvalue weighted by Crippen LogP contribution is 2.47. The second-order valence-corrected chi connectivity index (χ2v) is 5.73. The summed E-state index contributed by atoms with van der Waals surface area (Å²) in [6.07, 6.45) is 3.75. The first kappa shape index (κ1) is 10.6. The molecule has 1 aromatic carbocycles. The van der Waals surface area contributed by atoms with E-state index in [0.717, 1.165) is 5.52 Å². The standard InChI is InChI=1S/C14H19N3/c1-14(2)9-5-8-12(14)17-11-7-4-3-6-10(11)16-13(17)15/h3-4,6-7,12H,5,8-9H2,1-2H3,(H2,15,16). The fourth-order valence-electron chi connectivity index (χ4n) is 3.18. The molecule has 1 unspecified atom stereocenters. The van der Waals surface area contributed by atoms with Crippen molar-refractivity contribution in [3.63, 3.8) is 0 Å². The van der Waals surface area contributed by atoms with Gasteiger partial charge >= 0.3 is 0 Å². The molecule has 3 nitrogen and oxygen atoms in total. The van der Waals surface area contributed by atoms with E-state index >= 15 is 0 Å². The third kappa shape index (κ3) is 1.53. The summed E-state index contributed by atoms with van der Waals surface area (Å²) in [5.74, 6) is 0.658. The normalized spacial score (nSPS) is 23.3. The third-order valence-corrected chi connectivity index (χ3v) is 4.14. The van der Waals surface area contributed by atoms with Crippen molar-refractivity contribution in [3.05, 3.63) is 24.3 Å². The number of nitrogen functional groups attached to an aromatic ring is 1. The summed E-state index contributed by atoms with van der Waals surface area (Å²) in [6.45, 7) is 4.66. The van der Waals surface area contributed by atoms with Gasteiger partial charge in [0, 0.05) is 6.04 Å². The minimum absolute atomic E-state index is 0.317. The smallest absolute Gasteiger partial charge is 0.201 e. The van der Waals surface area contributed by atoms with Crippen LogP contribution in [0, 0.1) is 5.41 Å². The van der Waals surface area contributed by atoms with Crippen molar-refractivity contribution in [2.75, 3.05) is 5.73 Å². The summed E-state index contributed by atoms with van der Waals surface area (Å²) in [5, 5.41) is 0. The van der Waals surface area contributed by atoms with Crippen LogP contribution in [-0.4, -0.2) is 9.55 Å². The lowest BCUT2D eigenvalue weighted by molar-refractivity contribution is 0.268. The second kappa shape index (κ2) is 3.49. The number of anilines is 1. The second-order valence-electron chi connectivity index (χ2n) is 5.73. The molecular formula is C14H19N3. The number of nitrogens with zero attached hydrogens (tertiary/aromatic N) is 2. The topological polar surface area (TPSA) is 43.8 Å². The lowest BCUT2D eigenvalue weighted by Crippen LogP contribution is -2.22. The lowest BCUT2D eigenvalue weighted by atomic mass is 9.87. The van der Waals surface area contributed by atoms with Crippen molar-refractivity contribution in [1.82, 2.24) is 9.55 Å². The Hall–Kier alpha value is -1.51. The number of aromatic nitrogens is 2. The van der Waals surface area contributed by atoms with Gasteiger partial charge in [-0.3, -0.25) is 0 Å². The van der Waals surface area contributed by atoms with Crippen molar-refractivity contribution in [2.24, 2.45) is 5.41 Å². The van der Waals surface area contributed by atoms with E-state index in [1.807, 2.05) is 12.1 Å². The monoisotopic (exact) mass is 229 g/mol. The van der Waals surface area contributed by atoms with Gasteiger partial charge in [0.2, 0.25) is 5.95 Å². The highest BCUT2D eigenvalue weighted by atomic mass is 15.2. The number of fused-ring (bicyclic) bond motifs is 1. The average molecular weight is 229 g/mol. The van der Waals surface area contributed by atoms with Crippen LogP contribution in [0.5, 0.6) is 0 Å². The largest absolute Gasteiger partial charge is 0.369 e. The van der Waals surface area contributed by atoms with Gasteiger partial charge in [-0.1, -0.05) is 32.4 Å². The Balaban J connectivity index is 2.20. The molecule has 0 amide bonds. The number of nitrogens with two attached hydrogens (primary N) is 1. The van der Waals surface area contributed by atoms with Crippen molar-refractivity contribution < 1.29 is 0 Å². The Bertz CT molecular complexity index is 554. The SMILES string of the molecule is CC1(C)CCCC1n1c(N)nc2ccccc21. The first-order valence-electron chi connectivity index (χ1n) is 6.32. The molecule has 1 heterocycles. The van der Waals surface area contributed by atoms with Gasteiger partial charge < -0.3 is 10.3 Å². The van der Waals surface area contributed by atoms with Crippen LogP contribution < -0.4 is 5.73 Å². The van der Waals surface area contributed by atoms with Crippen molar-refractivity contribution in [3.8, 4) is 0 Å². The van der Waals surface area contributed by atoms with Crippen LogP contribution in [0.3, 0.4) is 0 Å². The van der Waals surface area contributed by atoms with E-state index in [1.54, 1.807) is 0 Å². The quantitative estimate of drug-likeness (QED) is 0.814. The molecule has 17 heavy (non-hydrogen) atoms. The summed E-state index contributed by atoms with van der Waals surface area (Å²) in [5.41, 5.74) is 8.60. The summed E-state index contributed by atoms with van der Waals surface area (Å²) in [4.78, 5) is 4.46. The summed E-state index contributed by atoms with van der Waals surface area (Å²) in [7, 11) is 0. The molecule has 1 aliphatic rings. The Kier molecular flexibility index (Phi) is 2.18. The molecular weight excluding hydrogens is 210 g/mol. The zero-order chi connectivity index (χ0) is 12.0. The maximum absolute atomic E-state index is 6.11. The van der Waals surface area contributed by atoms with Gasteiger partial charge in [-0.15, -0.1) is 0 Å². The Morgan fingerprint density at radius 1 is 1.35 bits per heavy atom. The summed E-state index contributed by atoms with van der Waals surface area (Å²) in [6, 6.07) is 8.70. The zero-order valence-electron chi connectivity index (χ0n) is 10.5. The van der Waals surface area contributed by atoms with E-state index in [2.05, 4.69) is 35.5 Å². The van der Waals surface area contributed by atoms with Gasteiger partial charge in [-0.05, 0) is 30.4 Å². The van der Waals surface area contributed by atoms with Gasteiger partial charge in [-0.25, -0.2) is 4.98 Å². The predicted octanol–water partition coefficient (Wildman–Crippen LogP) is 3.37. The highest BCUT2D eigenvalue weighted by molar-refractivity contribution is 5.78. The molecule has 3 heteroatoms. The Morgan fingerprint density at radius 3 is 2.82 bits per heavy atom. The summed E-state index contributed by atoms with van der Waals surface area (Å²) >= 11 is 0. The number of benzene rings is 1. The van der Waals surface area contributed by atoms with E-state index < -0.39 is 0 Å². The molecule has 90 valence electrons. The molecule has 0 aliphatic heterocycles. The zero-order valence-corrected chi connectivity index (χ0v) is 10.5. The molecule has 1 fully saturated rings. The molecule has 0 radical (unpaired) electrons. The van der Waals surface area contributed by atoms with E-state index in [0.29, 0.717) is 17.4 Å². The Morgan fingerprint density at radius 2 is 2.12 bits per heavy atom. The molecule has 1 aliphatic carbocycles.